The van der Waals surface area contributed by atoms with E-state index in [1.54, 1.807) is 6.07 Å². The lowest BCUT2D eigenvalue weighted by Crippen LogP contribution is -2.45. The standard InChI is InChI=1S/C21H24FN3/c1-5-25-20-12-19(22)16(11-18(20)15(2)13-21(25,3)4)14-23-24-17-9-7-6-8-10-17/h6-14,24H,5H2,1-4H3/b23-14-. The van der Waals surface area contributed by atoms with Crippen LogP contribution in [0.3, 0.4) is 0 Å². The molecule has 3 nitrogen and oxygen atoms in total. The predicted molar refractivity (Wildman–Crippen MR) is 105 cm³/mol. The van der Waals surface area contributed by atoms with Crippen molar-refractivity contribution in [2.24, 2.45) is 5.10 Å². The highest BCUT2D eigenvalue weighted by molar-refractivity contribution is 5.88. The highest BCUT2D eigenvalue weighted by Crippen LogP contribution is 2.39. The summed E-state index contributed by atoms with van der Waals surface area (Å²) in [7, 11) is 0. The summed E-state index contributed by atoms with van der Waals surface area (Å²) in [5.74, 6) is -0.263. The van der Waals surface area contributed by atoms with Gasteiger partial charge in [0.2, 0.25) is 0 Å². The number of nitrogens with zero attached hydrogens (tertiary/aromatic N) is 2. The molecule has 0 aromatic heterocycles. The number of nitrogens with one attached hydrogen (secondary N) is 1. The molecule has 2 aromatic rings. The van der Waals surface area contributed by atoms with E-state index in [1.165, 1.54) is 6.21 Å². The van der Waals surface area contributed by atoms with Crippen LogP contribution in [-0.4, -0.2) is 18.3 Å². The van der Waals surface area contributed by atoms with Crippen molar-refractivity contribution in [3.05, 3.63) is 65.5 Å². The molecule has 1 N–H and O–H groups in total. The number of hydrogen-bond acceptors (Lipinski definition) is 3. The molecule has 0 radical (unpaired) electrons. The van der Waals surface area contributed by atoms with Crippen molar-refractivity contribution in [1.82, 2.24) is 0 Å². The number of benzene rings is 2. The molecular formula is C21H24FN3. The van der Waals surface area contributed by atoms with Gasteiger partial charge in [-0.05, 0) is 57.5 Å². The lowest BCUT2D eigenvalue weighted by atomic mass is 9.88. The van der Waals surface area contributed by atoms with Crippen LogP contribution in [0.4, 0.5) is 15.8 Å². The zero-order chi connectivity index (χ0) is 18.0. The first-order valence-electron chi connectivity index (χ1n) is 8.57. The second-order valence-corrected chi connectivity index (χ2v) is 6.85. The average Bonchev–Trinajstić information content (AvgIpc) is 2.56. The van der Waals surface area contributed by atoms with Gasteiger partial charge in [-0.2, -0.15) is 5.10 Å². The Morgan fingerprint density at radius 3 is 2.60 bits per heavy atom. The van der Waals surface area contributed by atoms with E-state index in [4.69, 9.17) is 0 Å². The molecule has 1 heterocycles. The molecule has 0 atom stereocenters. The third-order valence-electron chi connectivity index (χ3n) is 4.58. The van der Waals surface area contributed by atoms with Gasteiger partial charge in [0.15, 0.2) is 0 Å². The number of hydrogen-bond donors (Lipinski definition) is 1. The molecule has 1 aliphatic heterocycles. The molecule has 0 saturated heterocycles. The fourth-order valence-corrected chi connectivity index (χ4v) is 3.48. The summed E-state index contributed by atoms with van der Waals surface area (Å²) in [4.78, 5) is 2.22. The Morgan fingerprint density at radius 2 is 1.92 bits per heavy atom. The summed E-state index contributed by atoms with van der Waals surface area (Å²) >= 11 is 0. The van der Waals surface area contributed by atoms with Gasteiger partial charge < -0.3 is 4.90 Å². The second kappa shape index (κ2) is 6.71. The molecule has 2 aromatic carbocycles. The smallest absolute Gasteiger partial charge is 0.134 e. The van der Waals surface area contributed by atoms with E-state index in [-0.39, 0.29) is 11.4 Å². The number of fused-ring (bicyclic) bond motifs is 1. The summed E-state index contributed by atoms with van der Waals surface area (Å²) in [6.45, 7) is 9.30. The van der Waals surface area contributed by atoms with E-state index in [1.807, 2.05) is 36.4 Å². The van der Waals surface area contributed by atoms with Crippen molar-refractivity contribution in [3.8, 4) is 0 Å². The van der Waals surface area contributed by atoms with Crippen LogP contribution in [0.5, 0.6) is 0 Å². The van der Waals surface area contributed by atoms with Crippen molar-refractivity contribution in [2.45, 2.75) is 33.2 Å². The Hall–Kier alpha value is -2.62. The van der Waals surface area contributed by atoms with Gasteiger partial charge in [-0.25, -0.2) is 4.39 Å². The van der Waals surface area contributed by atoms with E-state index < -0.39 is 0 Å². The minimum atomic E-state index is -0.263. The Morgan fingerprint density at radius 1 is 1.20 bits per heavy atom. The Kier molecular flexibility index (Phi) is 4.62. The zero-order valence-corrected chi connectivity index (χ0v) is 15.2. The predicted octanol–water partition coefficient (Wildman–Crippen LogP) is 5.29. The maximum Gasteiger partial charge on any atom is 0.134 e. The number of likely N-dealkylation sites (N-methyl/N-ethyl adjacent to an activating group) is 1. The average molecular weight is 337 g/mol. The summed E-state index contributed by atoms with van der Waals surface area (Å²) in [6, 6.07) is 13.1. The number of rotatable bonds is 4. The molecule has 0 saturated carbocycles. The molecule has 25 heavy (non-hydrogen) atoms. The normalized spacial score (nSPS) is 15.9. The Labute approximate surface area is 148 Å². The largest absolute Gasteiger partial charge is 0.363 e. The van der Waals surface area contributed by atoms with E-state index in [0.717, 1.165) is 29.1 Å². The van der Waals surface area contributed by atoms with Crippen molar-refractivity contribution in [3.63, 3.8) is 0 Å². The topological polar surface area (TPSA) is 27.6 Å². The molecule has 1 aliphatic rings. The Bertz CT molecular complexity index is 823. The van der Waals surface area contributed by atoms with Crippen LogP contribution < -0.4 is 10.3 Å². The molecule has 0 unspecified atom stereocenters. The molecule has 0 bridgehead atoms. The maximum atomic E-state index is 14.6. The van der Waals surface area contributed by atoms with Crippen molar-refractivity contribution in [1.29, 1.82) is 0 Å². The third-order valence-corrected chi connectivity index (χ3v) is 4.58. The lowest BCUT2D eigenvalue weighted by Gasteiger charge is -2.42. The summed E-state index contributed by atoms with van der Waals surface area (Å²) in [6.07, 6.45) is 3.77. The summed E-state index contributed by atoms with van der Waals surface area (Å²) < 4.78 is 14.6. The number of halogens is 1. The van der Waals surface area contributed by atoms with E-state index >= 15 is 0 Å². The van der Waals surface area contributed by atoms with Crippen LogP contribution in [0.1, 0.15) is 38.8 Å². The van der Waals surface area contributed by atoms with Crippen molar-refractivity contribution < 1.29 is 4.39 Å². The van der Waals surface area contributed by atoms with Crippen LogP contribution in [0, 0.1) is 5.82 Å². The molecule has 3 rings (SSSR count). The van der Waals surface area contributed by atoms with Gasteiger partial charge in [0.1, 0.15) is 5.82 Å². The fraction of sp³-hybridized carbons (Fsp3) is 0.286. The molecular weight excluding hydrogens is 313 g/mol. The third kappa shape index (κ3) is 3.43. The molecule has 130 valence electrons. The minimum absolute atomic E-state index is 0.122. The number of allylic oxidation sites excluding steroid dienone is 1. The quantitative estimate of drug-likeness (QED) is 0.606. The number of para-hydroxylation sites is 1. The highest BCUT2D eigenvalue weighted by Gasteiger charge is 2.30. The minimum Gasteiger partial charge on any atom is -0.363 e. The SMILES string of the molecule is CCN1c2cc(F)c(/C=N\Nc3ccccc3)cc2C(C)=CC1(C)C. The summed E-state index contributed by atoms with van der Waals surface area (Å²) in [5.41, 5.74) is 7.31. The van der Waals surface area contributed by atoms with E-state index in [9.17, 15) is 4.39 Å². The lowest BCUT2D eigenvalue weighted by molar-refractivity contribution is 0.561. The highest BCUT2D eigenvalue weighted by atomic mass is 19.1. The fourth-order valence-electron chi connectivity index (χ4n) is 3.48. The molecule has 0 fully saturated rings. The van der Waals surface area contributed by atoms with Crippen molar-refractivity contribution >= 4 is 23.2 Å². The van der Waals surface area contributed by atoms with Gasteiger partial charge in [0.05, 0.1) is 17.4 Å². The van der Waals surface area contributed by atoms with Crippen LogP contribution >= 0.6 is 0 Å². The van der Waals surface area contributed by atoms with Gasteiger partial charge in [-0.1, -0.05) is 24.3 Å². The van der Waals surface area contributed by atoms with E-state index in [2.05, 4.69) is 49.2 Å². The van der Waals surface area contributed by atoms with Gasteiger partial charge in [-0.15, -0.1) is 0 Å². The molecule has 0 aliphatic carbocycles. The molecule has 0 amide bonds. The molecule has 4 heteroatoms. The second-order valence-electron chi connectivity index (χ2n) is 6.85. The van der Waals surface area contributed by atoms with Gasteiger partial charge in [-0.3, -0.25) is 5.43 Å². The first-order chi connectivity index (χ1) is 11.9. The molecule has 0 spiro atoms. The number of anilines is 2. The van der Waals surface area contributed by atoms with Gasteiger partial charge in [0.25, 0.3) is 0 Å². The van der Waals surface area contributed by atoms with Gasteiger partial charge in [0, 0.05) is 23.4 Å². The first-order valence-corrected chi connectivity index (χ1v) is 8.57. The summed E-state index contributed by atoms with van der Waals surface area (Å²) in [5, 5.41) is 4.17. The Balaban J connectivity index is 1.93. The number of hydrazone groups is 1. The monoisotopic (exact) mass is 337 g/mol. The zero-order valence-electron chi connectivity index (χ0n) is 15.2. The first kappa shape index (κ1) is 17.2. The maximum absolute atomic E-state index is 14.6. The van der Waals surface area contributed by atoms with Crippen LogP contribution in [0.25, 0.3) is 5.57 Å². The van der Waals surface area contributed by atoms with E-state index in [0.29, 0.717) is 5.56 Å². The van der Waals surface area contributed by atoms with Crippen LogP contribution in [0.2, 0.25) is 0 Å². The van der Waals surface area contributed by atoms with Crippen LogP contribution in [0.15, 0.2) is 53.6 Å². The van der Waals surface area contributed by atoms with Gasteiger partial charge >= 0.3 is 0 Å². The van der Waals surface area contributed by atoms with Crippen LogP contribution in [-0.2, 0) is 0 Å². The van der Waals surface area contributed by atoms with Crippen molar-refractivity contribution in [2.75, 3.05) is 16.9 Å².